The van der Waals surface area contributed by atoms with Crippen LogP contribution in [0.1, 0.15) is 30.1 Å². The molecule has 3 aromatic rings. The van der Waals surface area contributed by atoms with Crippen molar-refractivity contribution < 1.29 is 4.79 Å². The lowest BCUT2D eigenvalue weighted by Crippen LogP contribution is -1.94. The summed E-state index contributed by atoms with van der Waals surface area (Å²) < 4.78 is 0. The Kier molecular flexibility index (Phi) is 3.17. The summed E-state index contributed by atoms with van der Waals surface area (Å²) in [6.45, 7) is 2.02. The molecule has 0 aromatic carbocycles. The van der Waals surface area contributed by atoms with E-state index in [0.717, 1.165) is 33.5 Å². The smallest absolute Gasteiger partial charge is 0.163 e. The summed E-state index contributed by atoms with van der Waals surface area (Å²) in [5.74, 6) is 0.225. The standard InChI is InChI=1S/C15H14N2OS/c1-2-4-13(18)10-7-14(19-9-10)12-8-17-15-11(12)5-3-6-16-15/h3,5-9H,2,4H2,1H3,(H,16,17). The second-order valence-electron chi connectivity index (χ2n) is 4.47. The largest absolute Gasteiger partial charge is 0.345 e. The molecule has 3 rings (SSSR count). The molecule has 0 bridgehead atoms. The molecule has 3 heterocycles. The number of carbonyl (C=O) groups excluding carboxylic acids is 1. The number of pyridine rings is 1. The molecule has 19 heavy (non-hydrogen) atoms. The van der Waals surface area contributed by atoms with Gasteiger partial charge in [0.15, 0.2) is 5.78 Å². The number of aromatic nitrogens is 2. The van der Waals surface area contributed by atoms with E-state index >= 15 is 0 Å². The fraction of sp³-hybridized carbons (Fsp3) is 0.200. The predicted molar refractivity (Wildman–Crippen MR) is 78.6 cm³/mol. The normalized spacial score (nSPS) is 11.0. The van der Waals surface area contributed by atoms with Crippen molar-refractivity contribution in [3.63, 3.8) is 0 Å². The van der Waals surface area contributed by atoms with Gasteiger partial charge in [0.25, 0.3) is 0 Å². The lowest BCUT2D eigenvalue weighted by atomic mass is 10.1. The van der Waals surface area contributed by atoms with Crippen molar-refractivity contribution in [3.05, 3.63) is 41.5 Å². The third-order valence-electron chi connectivity index (χ3n) is 3.12. The van der Waals surface area contributed by atoms with Crippen LogP contribution in [-0.2, 0) is 0 Å². The summed E-state index contributed by atoms with van der Waals surface area (Å²) in [5.41, 5.74) is 2.82. The number of thiophene rings is 1. The Morgan fingerprint density at radius 2 is 2.37 bits per heavy atom. The third kappa shape index (κ3) is 2.19. The monoisotopic (exact) mass is 270 g/mol. The van der Waals surface area contributed by atoms with Crippen LogP contribution >= 0.6 is 11.3 Å². The second kappa shape index (κ2) is 4.97. The summed E-state index contributed by atoms with van der Waals surface area (Å²) in [6.07, 6.45) is 5.23. The van der Waals surface area contributed by atoms with E-state index in [2.05, 4.69) is 9.97 Å². The summed E-state index contributed by atoms with van der Waals surface area (Å²) in [7, 11) is 0. The molecule has 0 fully saturated rings. The first-order chi connectivity index (χ1) is 9.29. The molecule has 0 atom stereocenters. The molecule has 1 N–H and O–H groups in total. The zero-order valence-electron chi connectivity index (χ0n) is 10.6. The Morgan fingerprint density at radius 1 is 1.47 bits per heavy atom. The topological polar surface area (TPSA) is 45.8 Å². The molecular formula is C15H14N2OS. The summed E-state index contributed by atoms with van der Waals surface area (Å²) in [5, 5.41) is 3.04. The van der Waals surface area contributed by atoms with E-state index in [-0.39, 0.29) is 5.78 Å². The van der Waals surface area contributed by atoms with Gasteiger partial charge in [-0.2, -0.15) is 0 Å². The van der Waals surface area contributed by atoms with Crippen molar-refractivity contribution in [1.29, 1.82) is 0 Å². The summed E-state index contributed by atoms with van der Waals surface area (Å²) >= 11 is 1.61. The Labute approximate surface area is 115 Å². The van der Waals surface area contributed by atoms with Crippen molar-refractivity contribution in [2.24, 2.45) is 0 Å². The molecular weight excluding hydrogens is 256 g/mol. The van der Waals surface area contributed by atoms with E-state index in [9.17, 15) is 4.79 Å². The molecule has 0 aliphatic carbocycles. The van der Waals surface area contributed by atoms with Gasteiger partial charge in [0.1, 0.15) is 5.65 Å². The van der Waals surface area contributed by atoms with Crippen molar-refractivity contribution >= 4 is 28.2 Å². The quantitative estimate of drug-likeness (QED) is 0.719. The van der Waals surface area contributed by atoms with E-state index in [4.69, 9.17) is 0 Å². The number of Topliss-reactive ketones (excluding diaryl/α,β-unsaturated/α-hetero) is 1. The lowest BCUT2D eigenvalue weighted by Gasteiger charge is -1.94. The lowest BCUT2D eigenvalue weighted by molar-refractivity contribution is 0.0982. The molecule has 3 aromatic heterocycles. The van der Waals surface area contributed by atoms with Crippen LogP contribution in [0.2, 0.25) is 0 Å². The number of H-pyrrole nitrogens is 1. The first-order valence-electron chi connectivity index (χ1n) is 6.34. The van der Waals surface area contributed by atoms with Gasteiger partial charge >= 0.3 is 0 Å². The van der Waals surface area contributed by atoms with Crippen LogP contribution in [-0.4, -0.2) is 15.8 Å². The Hall–Kier alpha value is -1.94. The highest BCUT2D eigenvalue weighted by Crippen LogP contribution is 2.32. The second-order valence-corrected chi connectivity index (χ2v) is 5.39. The Balaban J connectivity index is 2.01. The minimum Gasteiger partial charge on any atom is -0.345 e. The highest BCUT2D eigenvalue weighted by Gasteiger charge is 2.12. The first kappa shape index (κ1) is 12.1. The highest BCUT2D eigenvalue weighted by atomic mass is 32.1. The molecule has 0 amide bonds. The minimum absolute atomic E-state index is 0.225. The van der Waals surface area contributed by atoms with Gasteiger partial charge in [0.05, 0.1) is 0 Å². The van der Waals surface area contributed by atoms with E-state index < -0.39 is 0 Å². The average molecular weight is 270 g/mol. The molecule has 0 aliphatic heterocycles. The SMILES string of the molecule is CCCC(=O)c1csc(-c2c[nH]c3ncccc23)c1. The first-order valence-corrected chi connectivity index (χ1v) is 7.21. The summed E-state index contributed by atoms with van der Waals surface area (Å²) in [4.78, 5) is 20.4. The van der Waals surface area contributed by atoms with Gasteiger partial charge < -0.3 is 4.98 Å². The van der Waals surface area contributed by atoms with E-state index in [0.29, 0.717) is 6.42 Å². The van der Waals surface area contributed by atoms with Crippen molar-refractivity contribution in [2.45, 2.75) is 19.8 Å². The maximum atomic E-state index is 11.9. The highest BCUT2D eigenvalue weighted by molar-refractivity contribution is 7.14. The van der Waals surface area contributed by atoms with Gasteiger partial charge in [-0.25, -0.2) is 4.98 Å². The average Bonchev–Trinajstić information content (AvgIpc) is 3.05. The Morgan fingerprint density at radius 3 is 3.21 bits per heavy atom. The van der Waals surface area contributed by atoms with Gasteiger partial charge in [0, 0.05) is 45.6 Å². The zero-order valence-corrected chi connectivity index (χ0v) is 11.5. The fourth-order valence-electron chi connectivity index (χ4n) is 2.15. The van der Waals surface area contributed by atoms with Gasteiger partial charge in [0.2, 0.25) is 0 Å². The van der Waals surface area contributed by atoms with Crippen LogP contribution in [0.15, 0.2) is 36.0 Å². The number of carbonyl (C=O) groups is 1. The maximum Gasteiger partial charge on any atom is 0.163 e. The van der Waals surface area contributed by atoms with Crippen LogP contribution in [0, 0.1) is 0 Å². The number of nitrogens with one attached hydrogen (secondary N) is 1. The van der Waals surface area contributed by atoms with Crippen molar-refractivity contribution in [2.75, 3.05) is 0 Å². The number of aromatic amines is 1. The van der Waals surface area contributed by atoms with E-state index in [1.54, 1.807) is 17.5 Å². The zero-order chi connectivity index (χ0) is 13.2. The predicted octanol–water partition coefficient (Wildman–Crippen LogP) is 4.27. The van der Waals surface area contributed by atoms with Gasteiger partial charge in [-0.05, 0) is 24.6 Å². The number of ketones is 1. The summed E-state index contributed by atoms with van der Waals surface area (Å²) in [6, 6.07) is 5.95. The molecule has 3 nitrogen and oxygen atoms in total. The molecule has 0 spiro atoms. The number of fused-ring (bicyclic) bond motifs is 1. The maximum absolute atomic E-state index is 11.9. The van der Waals surface area contributed by atoms with Gasteiger partial charge in [-0.1, -0.05) is 6.92 Å². The molecule has 96 valence electrons. The van der Waals surface area contributed by atoms with Gasteiger partial charge in [-0.3, -0.25) is 4.79 Å². The number of nitrogens with zero attached hydrogens (tertiary/aromatic N) is 1. The number of hydrogen-bond acceptors (Lipinski definition) is 3. The molecule has 0 aliphatic rings. The van der Waals surface area contributed by atoms with Crippen LogP contribution in [0.5, 0.6) is 0 Å². The third-order valence-corrected chi connectivity index (χ3v) is 4.08. The van der Waals surface area contributed by atoms with Crippen molar-refractivity contribution in [3.8, 4) is 10.4 Å². The molecule has 0 unspecified atom stereocenters. The van der Waals surface area contributed by atoms with Crippen LogP contribution < -0.4 is 0 Å². The molecule has 0 saturated heterocycles. The fourth-order valence-corrected chi connectivity index (χ4v) is 3.10. The van der Waals surface area contributed by atoms with E-state index in [1.165, 1.54) is 0 Å². The Bertz CT molecular complexity index is 726. The number of rotatable bonds is 4. The van der Waals surface area contributed by atoms with Crippen LogP contribution in [0.4, 0.5) is 0 Å². The molecule has 0 saturated carbocycles. The number of hydrogen-bond donors (Lipinski definition) is 1. The van der Waals surface area contributed by atoms with Crippen molar-refractivity contribution in [1.82, 2.24) is 9.97 Å². The minimum atomic E-state index is 0.225. The van der Waals surface area contributed by atoms with Crippen LogP contribution in [0.25, 0.3) is 21.5 Å². The van der Waals surface area contributed by atoms with Crippen LogP contribution in [0.3, 0.4) is 0 Å². The molecule has 0 radical (unpaired) electrons. The van der Waals surface area contributed by atoms with Gasteiger partial charge in [-0.15, -0.1) is 11.3 Å². The molecule has 4 heteroatoms. The van der Waals surface area contributed by atoms with E-state index in [1.807, 2.05) is 36.7 Å².